The average Bonchev–Trinajstić information content (AvgIpc) is 2.91. The van der Waals surface area contributed by atoms with Crippen LogP contribution in [0.2, 0.25) is 0 Å². The second-order valence-corrected chi connectivity index (χ2v) is 9.53. The maximum Gasteiger partial charge on any atom is 0.417 e. The number of sulfone groups is 1. The highest BCUT2D eigenvalue weighted by molar-refractivity contribution is 7.91. The first kappa shape index (κ1) is 20.2. The lowest BCUT2D eigenvalue weighted by Crippen LogP contribution is -2.25. The summed E-state index contributed by atoms with van der Waals surface area (Å²) in [6.45, 7) is 4.98. The molecule has 0 spiro atoms. The number of hydrogen-bond acceptors (Lipinski definition) is 4. The van der Waals surface area contributed by atoms with E-state index in [1.807, 2.05) is 0 Å². The van der Waals surface area contributed by atoms with Crippen LogP contribution in [-0.4, -0.2) is 39.0 Å². The normalized spacial score (nSPS) is 22.5. The van der Waals surface area contributed by atoms with Gasteiger partial charge in [0.05, 0.1) is 15.4 Å². The van der Waals surface area contributed by atoms with Gasteiger partial charge in [0.1, 0.15) is 0 Å². The number of anilines is 1. The molecule has 29 heavy (non-hydrogen) atoms. The van der Waals surface area contributed by atoms with E-state index in [-0.39, 0.29) is 16.9 Å². The first-order chi connectivity index (χ1) is 13.7. The number of hydrogen-bond donors (Lipinski definition) is 1. The van der Waals surface area contributed by atoms with Crippen LogP contribution >= 0.6 is 0 Å². The van der Waals surface area contributed by atoms with Crippen molar-refractivity contribution in [2.75, 3.05) is 25.0 Å². The van der Waals surface area contributed by atoms with Crippen molar-refractivity contribution in [2.24, 2.45) is 0 Å². The Labute approximate surface area is 168 Å². The van der Waals surface area contributed by atoms with Crippen molar-refractivity contribution < 1.29 is 21.6 Å². The van der Waals surface area contributed by atoms with Crippen molar-refractivity contribution in [1.82, 2.24) is 4.90 Å². The molecule has 0 amide bonds. The van der Waals surface area contributed by atoms with Gasteiger partial charge in [-0.2, -0.15) is 13.2 Å². The Morgan fingerprint density at radius 3 is 2.55 bits per heavy atom. The Kier molecular flexibility index (Phi) is 5.11. The maximum atomic E-state index is 13.4. The monoisotopic (exact) mass is 424 g/mol. The molecule has 2 aromatic rings. The van der Waals surface area contributed by atoms with E-state index in [1.165, 1.54) is 18.2 Å². The van der Waals surface area contributed by atoms with Gasteiger partial charge in [0.25, 0.3) is 0 Å². The number of fused-ring (bicyclic) bond motifs is 3. The SMILES string of the molecule is CCN1CC[C@H]2Nc3ccc(S(=O)(=O)c4ccccc4C(F)(F)F)cc3[C@@H]2CC1. The number of rotatable bonds is 3. The Bertz CT molecular complexity index is 1020. The lowest BCUT2D eigenvalue weighted by molar-refractivity contribution is -0.139. The molecule has 1 N–H and O–H groups in total. The fraction of sp³-hybridized carbons (Fsp3) is 0.429. The molecular weight excluding hydrogens is 401 g/mol. The Morgan fingerprint density at radius 1 is 1.10 bits per heavy atom. The van der Waals surface area contributed by atoms with Gasteiger partial charge in [-0.3, -0.25) is 0 Å². The van der Waals surface area contributed by atoms with Crippen molar-refractivity contribution >= 4 is 15.5 Å². The molecule has 1 saturated heterocycles. The zero-order valence-electron chi connectivity index (χ0n) is 16.0. The molecule has 4 nitrogen and oxygen atoms in total. The van der Waals surface area contributed by atoms with Crippen molar-refractivity contribution in [2.45, 2.75) is 47.7 Å². The quantitative estimate of drug-likeness (QED) is 0.787. The summed E-state index contributed by atoms with van der Waals surface area (Å²) in [7, 11) is -4.29. The standard InChI is InChI=1S/C21H23F3N2O2S/c1-2-26-11-9-15-16-13-14(7-8-18(16)25-19(15)10-12-26)29(27,28)20-6-4-3-5-17(20)21(22,23)24/h3-8,13,15,19,25H,2,9-12H2,1H3/t15-,19+/m0/s1. The number of alkyl halides is 3. The van der Waals surface area contributed by atoms with E-state index in [0.717, 1.165) is 55.9 Å². The van der Waals surface area contributed by atoms with Crippen LogP contribution in [0.15, 0.2) is 52.3 Å². The van der Waals surface area contributed by atoms with E-state index in [0.29, 0.717) is 0 Å². The van der Waals surface area contributed by atoms with Crippen LogP contribution in [0, 0.1) is 0 Å². The second kappa shape index (κ2) is 7.32. The van der Waals surface area contributed by atoms with Crippen molar-refractivity contribution in [3.63, 3.8) is 0 Å². The Morgan fingerprint density at radius 2 is 1.83 bits per heavy atom. The predicted octanol–water partition coefficient (Wildman–Crippen LogP) is 4.53. The van der Waals surface area contributed by atoms with Crippen molar-refractivity contribution in [1.29, 1.82) is 0 Å². The van der Waals surface area contributed by atoms with E-state index in [4.69, 9.17) is 0 Å². The van der Waals surface area contributed by atoms with Crippen molar-refractivity contribution in [3.8, 4) is 0 Å². The summed E-state index contributed by atoms with van der Waals surface area (Å²) < 4.78 is 66.3. The molecule has 0 bridgehead atoms. The molecule has 1 fully saturated rings. The van der Waals surface area contributed by atoms with E-state index in [9.17, 15) is 21.6 Å². The third kappa shape index (κ3) is 3.64. The fourth-order valence-corrected chi connectivity index (χ4v) is 5.94. The number of nitrogens with zero attached hydrogens (tertiary/aromatic N) is 1. The predicted molar refractivity (Wildman–Crippen MR) is 105 cm³/mol. The number of halogens is 3. The molecule has 2 aliphatic rings. The number of nitrogens with one attached hydrogen (secondary N) is 1. The first-order valence-electron chi connectivity index (χ1n) is 9.76. The van der Waals surface area contributed by atoms with E-state index < -0.39 is 26.5 Å². The molecule has 2 atom stereocenters. The van der Waals surface area contributed by atoms with Crippen molar-refractivity contribution in [3.05, 3.63) is 53.6 Å². The summed E-state index contributed by atoms with van der Waals surface area (Å²) in [5.41, 5.74) is 0.635. The van der Waals surface area contributed by atoms with Gasteiger partial charge >= 0.3 is 6.18 Å². The van der Waals surface area contributed by atoms with E-state index >= 15 is 0 Å². The summed E-state index contributed by atoms with van der Waals surface area (Å²) in [6, 6.07) is 9.23. The summed E-state index contributed by atoms with van der Waals surface area (Å²) in [5.74, 6) is 0.162. The maximum absolute atomic E-state index is 13.4. The van der Waals surface area contributed by atoms with Crippen LogP contribution in [0.5, 0.6) is 0 Å². The highest BCUT2D eigenvalue weighted by atomic mass is 32.2. The second-order valence-electron chi connectivity index (χ2n) is 7.62. The minimum Gasteiger partial charge on any atom is -0.381 e. The summed E-state index contributed by atoms with van der Waals surface area (Å²) in [6.07, 6.45) is -2.90. The molecule has 156 valence electrons. The lowest BCUT2D eigenvalue weighted by atomic mass is 9.91. The Hall–Kier alpha value is -2.06. The van der Waals surface area contributed by atoms with Gasteiger partial charge in [-0.25, -0.2) is 8.42 Å². The third-order valence-corrected chi connectivity index (χ3v) is 7.81. The van der Waals surface area contributed by atoms with Crippen LogP contribution < -0.4 is 5.32 Å². The van der Waals surface area contributed by atoms with Crippen LogP contribution in [0.1, 0.15) is 36.8 Å². The summed E-state index contributed by atoms with van der Waals surface area (Å²) >= 11 is 0. The topological polar surface area (TPSA) is 49.4 Å². The lowest BCUT2D eigenvalue weighted by Gasteiger charge is -2.18. The zero-order chi connectivity index (χ0) is 20.8. The molecule has 0 unspecified atom stereocenters. The highest BCUT2D eigenvalue weighted by Crippen LogP contribution is 2.43. The van der Waals surface area contributed by atoms with Gasteiger partial charge in [0.15, 0.2) is 0 Å². The van der Waals surface area contributed by atoms with Gasteiger partial charge in [0, 0.05) is 24.2 Å². The van der Waals surface area contributed by atoms with Gasteiger partial charge in [0.2, 0.25) is 9.84 Å². The van der Waals surface area contributed by atoms with E-state index in [1.54, 1.807) is 12.1 Å². The zero-order valence-corrected chi connectivity index (χ0v) is 16.9. The molecule has 0 radical (unpaired) electrons. The molecule has 0 aliphatic carbocycles. The largest absolute Gasteiger partial charge is 0.417 e. The molecule has 2 heterocycles. The smallest absolute Gasteiger partial charge is 0.381 e. The first-order valence-corrected chi connectivity index (χ1v) is 11.2. The van der Waals surface area contributed by atoms with Crippen LogP contribution in [0.4, 0.5) is 18.9 Å². The Balaban J connectivity index is 1.73. The molecule has 8 heteroatoms. The van der Waals surface area contributed by atoms with Gasteiger partial charge in [-0.15, -0.1) is 0 Å². The number of benzene rings is 2. The highest BCUT2D eigenvalue weighted by Gasteiger charge is 2.39. The summed E-state index contributed by atoms with van der Waals surface area (Å²) in [4.78, 5) is 1.57. The molecule has 2 aromatic carbocycles. The molecule has 0 aromatic heterocycles. The molecule has 4 rings (SSSR count). The molecule has 0 saturated carbocycles. The van der Waals surface area contributed by atoms with Gasteiger partial charge in [-0.1, -0.05) is 19.1 Å². The third-order valence-electron chi connectivity index (χ3n) is 6.00. The van der Waals surface area contributed by atoms with E-state index in [2.05, 4.69) is 17.1 Å². The molecule has 2 aliphatic heterocycles. The molecular formula is C21H23F3N2O2S. The fourth-order valence-electron chi connectivity index (χ4n) is 4.43. The number of likely N-dealkylation sites (tertiary alicyclic amines) is 1. The average molecular weight is 424 g/mol. The van der Waals surface area contributed by atoms with Gasteiger partial charge < -0.3 is 10.2 Å². The minimum atomic E-state index is -4.74. The van der Waals surface area contributed by atoms with Crippen LogP contribution in [-0.2, 0) is 16.0 Å². The summed E-state index contributed by atoms with van der Waals surface area (Å²) in [5, 5.41) is 3.47. The minimum absolute atomic E-state index is 0.0907. The van der Waals surface area contributed by atoms with Gasteiger partial charge in [-0.05, 0) is 61.8 Å². The van der Waals surface area contributed by atoms with Crippen LogP contribution in [0.3, 0.4) is 0 Å². The van der Waals surface area contributed by atoms with Crippen LogP contribution in [0.25, 0.3) is 0 Å².